The van der Waals surface area contributed by atoms with Gasteiger partial charge in [0.05, 0.1) is 0 Å². The lowest BCUT2D eigenvalue weighted by atomic mass is 9.98. The summed E-state index contributed by atoms with van der Waals surface area (Å²) in [6.07, 6.45) is 0.0720. The normalized spacial score (nSPS) is 13.4. The second kappa shape index (κ2) is 28.4. The van der Waals surface area contributed by atoms with Crippen LogP contribution in [0.25, 0.3) is 11.1 Å². The lowest BCUT2D eigenvalue weighted by Crippen LogP contribution is -2.56. The van der Waals surface area contributed by atoms with Crippen molar-refractivity contribution in [2.24, 2.45) is 0 Å². The average Bonchev–Trinajstić information content (AvgIpc) is 3.62. The van der Waals surface area contributed by atoms with Crippen LogP contribution in [0.4, 0.5) is 19.2 Å². The fourth-order valence-electron chi connectivity index (χ4n) is 7.88. The van der Waals surface area contributed by atoms with Gasteiger partial charge in [0.15, 0.2) is 0 Å². The van der Waals surface area contributed by atoms with Crippen LogP contribution in [0.1, 0.15) is 143 Å². The number of esters is 1. The first-order chi connectivity index (χ1) is 34.5. The minimum atomic E-state index is -1.21. The Hall–Kier alpha value is -6.85. The highest BCUT2D eigenvalue weighted by molar-refractivity contribution is 5.93. The smallest absolute Gasteiger partial charge is 0.407 e. The number of unbranched alkanes of at least 4 members (excludes halogenated alkanes) is 3. The number of nitrogens with one attached hydrogen (secondary N) is 6. The average molecular weight is 1020 g/mol. The predicted octanol–water partition coefficient (Wildman–Crippen LogP) is 8.69. The van der Waals surface area contributed by atoms with E-state index in [4.69, 9.17) is 23.7 Å². The van der Waals surface area contributed by atoms with Crippen LogP contribution in [0.3, 0.4) is 0 Å². The van der Waals surface area contributed by atoms with Gasteiger partial charge in [0, 0.05) is 25.6 Å². The van der Waals surface area contributed by atoms with Crippen molar-refractivity contribution in [1.29, 1.82) is 0 Å². The van der Waals surface area contributed by atoms with Crippen molar-refractivity contribution in [2.75, 3.05) is 26.2 Å². The van der Waals surface area contributed by atoms with Gasteiger partial charge in [-0.3, -0.25) is 9.59 Å². The first-order valence-electron chi connectivity index (χ1n) is 25.3. The number of carbonyl (C=O) groups is 7. The first-order valence-corrected chi connectivity index (χ1v) is 25.3. The number of ether oxygens (including phenoxy) is 5. The molecule has 18 heteroatoms. The molecule has 3 aromatic rings. The van der Waals surface area contributed by atoms with Crippen molar-refractivity contribution in [3.63, 3.8) is 0 Å². The molecule has 6 N–H and O–H groups in total. The van der Waals surface area contributed by atoms with Gasteiger partial charge in [-0.25, -0.2) is 24.0 Å². The lowest BCUT2D eigenvalue weighted by molar-refractivity contribution is -0.149. The van der Waals surface area contributed by atoms with E-state index in [1.807, 2.05) is 66.7 Å². The summed E-state index contributed by atoms with van der Waals surface area (Å²) in [5.41, 5.74) is 2.79. The molecule has 0 aromatic heterocycles. The Labute approximate surface area is 430 Å². The highest BCUT2D eigenvalue weighted by Gasteiger charge is 2.33. The standard InChI is InChI=1S/C55H78N6O12/c1-53(2,3)71-49(65)56-32-20-17-29-43(46(62)60-45(48(64)69-35-37-23-11-10-12-24-37)31-19-22-34-58-51(67)73-55(7,8)9)59-47(63)44(30-18-21-33-57-50(66)72-54(4,5)6)61-52(68)70-36-42-40-27-15-13-25-38(40)39-26-14-16-28-41(39)42/h10-16,23-28,42-45H,17-22,29-36H2,1-9H3,(H,56,65)(H,57,66)(H,58,67)(H,59,63)(H,60,62)(H,61,68). The maximum absolute atomic E-state index is 14.4. The van der Waals surface area contributed by atoms with E-state index in [9.17, 15) is 33.6 Å². The molecule has 0 bridgehead atoms. The Bertz CT molecular complexity index is 2240. The molecule has 3 unspecified atom stereocenters. The fraction of sp³-hybridized carbons (Fsp3) is 0.545. The largest absolute Gasteiger partial charge is 0.459 e. The molecule has 73 heavy (non-hydrogen) atoms. The van der Waals surface area contributed by atoms with Crippen molar-refractivity contribution >= 4 is 42.2 Å². The van der Waals surface area contributed by atoms with E-state index in [0.29, 0.717) is 38.5 Å². The molecule has 6 amide bonds. The van der Waals surface area contributed by atoms with E-state index >= 15 is 0 Å². The van der Waals surface area contributed by atoms with E-state index in [1.165, 1.54) is 0 Å². The molecule has 0 radical (unpaired) electrons. The van der Waals surface area contributed by atoms with E-state index in [-0.39, 0.29) is 58.0 Å². The monoisotopic (exact) mass is 1010 g/mol. The maximum Gasteiger partial charge on any atom is 0.407 e. The van der Waals surface area contributed by atoms with Gasteiger partial charge in [-0.1, -0.05) is 78.9 Å². The summed E-state index contributed by atoms with van der Waals surface area (Å²) in [4.78, 5) is 93.2. The van der Waals surface area contributed by atoms with E-state index in [0.717, 1.165) is 27.8 Å². The maximum atomic E-state index is 14.4. The summed E-state index contributed by atoms with van der Waals surface area (Å²) < 4.78 is 27.5. The number of amides is 6. The first kappa shape index (κ1) is 58.7. The third kappa shape index (κ3) is 22.2. The van der Waals surface area contributed by atoms with E-state index in [1.54, 1.807) is 74.4 Å². The number of fused-ring (bicyclic) bond motifs is 3. The topological polar surface area (TPSA) is 238 Å². The second-order valence-electron chi connectivity index (χ2n) is 21.0. The van der Waals surface area contributed by atoms with Crippen molar-refractivity contribution < 1.29 is 57.2 Å². The molecule has 0 aliphatic heterocycles. The Morgan fingerprint density at radius 3 is 1.27 bits per heavy atom. The van der Waals surface area contributed by atoms with Crippen LogP contribution >= 0.6 is 0 Å². The van der Waals surface area contributed by atoms with Crippen LogP contribution in [0.15, 0.2) is 78.9 Å². The van der Waals surface area contributed by atoms with Gasteiger partial charge >= 0.3 is 30.3 Å². The van der Waals surface area contributed by atoms with Gasteiger partial charge in [0.1, 0.15) is 48.1 Å². The summed E-state index contributed by atoms with van der Waals surface area (Å²) >= 11 is 0. The van der Waals surface area contributed by atoms with Crippen molar-refractivity contribution in [2.45, 2.75) is 168 Å². The van der Waals surface area contributed by atoms with Crippen molar-refractivity contribution in [3.05, 3.63) is 95.6 Å². The van der Waals surface area contributed by atoms with Crippen molar-refractivity contribution in [3.8, 4) is 11.1 Å². The highest BCUT2D eigenvalue weighted by Crippen LogP contribution is 2.44. The van der Waals surface area contributed by atoms with Crippen LogP contribution in [0.2, 0.25) is 0 Å². The summed E-state index contributed by atoms with van der Waals surface area (Å²) in [6.45, 7) is 16.4. The van der Waals surface area contributed by atoms with Gasteiger partial charge in [-0.2, -0.15) is 0 Å². The SMILES string of the molecule is CC(C)(C)OC(=O)NCCCCC(NC(=O)OCC1c2ccccc2-c2ccccc21)C(=O)NC(CCCCNC(=O)OC(C)(C)C)C(=O)NC(CCCCNC(=O)OC(C)(C)C)C(=O)OCc1ccccc1. The third-order valence-corrected chi connectivity index (χ3v) is 11.2. The molecule has 3 atom stereocenters. The minimum Gasteiger partial charge on any atom is -0.459 e. The molecule has 0 saturated carbocycles. The van der Waals surface area contributed by atoms with Crippen LogP contribution in [0.5, 0.6) is 0 Å². The van der Waals surface area contributed by atoms with Gasteiger partial charge in [-0.05, 0) is 148 Å². The zero-order valence-corrected chi connectivity index (χ0v) is 44.1. The molecule has 1 aliphatic rings. The van der Waals surface area contributed by atoms with Crippen molar-refractivity contribution in [1.82, 2.24) is 31.9 Å². The van der Waals surface area contributed by atoms with Crippen LogP contribution in [-0.4, -0.2) is 103 Å². The zero-order chi connectivity index (χ0) is 53.6. The second-order valence-corrected chi connectivity index (χ2v) is 21.0. The number of alkyl carbamates (subject to hydrolysis) is 4. The molecule has 1 aliphatic carbocycles. The number of carbonyl (C=O) groups excluding carboxylic acids is 7. The van der Waals surface area contributed by atoms with E-state index in [2.05, 4.69) is 31.9 Å². The molecule has 0 fully saturated rings. The summed E-state index contributed by atoms with van der Waals surface area (Å²) in [7, 11) is 0. The van der Waals surface area contributed by atoms with Gasteiger partial charge in [0.25, 0.3) is 0 Å². The van der Waals surface area contributed by atoms with Gasteiger partial charge in [0.2, 0.25) is 11.8 Å². The van der Waals surface area contributed by atoms with Crippen LogP contribution < -0.4 is 31.9 Å². The molecule has 0 spiro atoms. The molecule has 400 valence electrons. The Morgan fingerprint density at radius 1 is 0.452 bits per heavy atom. The molecule has 0 heterocycles. The molecular weight excluding hydrogens is 937 g/mol. The zero-order valence-electron chi connectivity index (χ0n) is 44.1. The summed E-state index contributed by atoms with van der Waals surface area (Å²) in [5.74, 6) is -2.30. The summed E-state index contributed by atoms with van der Waals surface area (Å²) in [6, 6.07) is 21.4. The third-order valence-electron chi connectivity index (χ3n) is 11.2. The molecule has 3 aromatic carbocycles. The van der Waals surface area contributed by atoms with Crippen LogP contribution in [-0.2, 0) is 44.7 Å². The molecule has 18 nitrogen and oxygen atoms in total. The fourth-order valence-corrected chi connectivity index (χ4v) is 7.88. The molecule has 4 rings (SSSR count). The number of hydrogen-bond donors (Lipinski definition) is 6. The highest BCUT2D eigenvalue weighted by atomic mass is 16.6. The van der Waals surface area contributed by atoms with Crippen LogP contribution in [0, 0.1) is 0 Å². The van der Waals surface area contributed by atoms with Gasteiger partial charge in [-0.15, -0.1) is 0 Å². The quantitative estimate of drug-likeness (QED) is 0.0266. The predicted molar refractivity (Wildman–Crippen MR) is 276 cm³/mol. The molecular formula is C55H78N6O12. The number of benzene rings is 3. The number of rotatable bonds is 25. The lowest BCUT2D eigenvalue weighted by Gasteiger charge is -2.25. The molecule has 0 saturated heterocycles. The Kier molecular flexibility index (Phi) is 22.8. The Balaban J connectivity index is 1.52. The van der Waals surface area contributed by atoms with Gasteiger partial charge < -0.3 is 55.6 Å². The van der Waals surface area contributed by atoms with E-state index < -0.39 is 77.1 Å². The summed E-state index contributed by atoms with van der Waals surface area (Å²) in [5, 5.41) is 16.5. The Morgan fingerprint density at radius 2 is 0.836 bits per heavy atom. The minimum absolute atomic E-state index is 0.00477. The number of hydrogen-bond acceptors (Lipinski definition) is 12.